The summed E-state index contributed by atoms with van der Waals surface area (Å²) in [6.45, 7) is 3.50. The fourth-order valence-electron chi connectivity index (χ4n) is 5.62. The first-order valence-electron chi connectivity index (χ1n) is 7.58. The minimum atomic E-state index is -3.66. The van der Waals surface area contributed by atoms with E-state index < -0.39 is 15.7 Å². The number of allylic oxidation sites excluding steroid dienone is 1. The molecule has 4 bridgehead atoms. The molecule has 0 spiro atoms. The Morgan fingerprint density at radius 3 is 1.85 bits per heavy atom. The van der Waals surface area contributed by atoms with Crippen LogP contribution in [0.25, 0.3) is 0 Å². The van der Waals surface area contributed by atoms with Crippen molar-refractivity contribution in [2.45, 2.75) is 58.0 Å². The molecule has 5 aliphatic rings. The van der Waals surface area contributed by atoms with Gasteiger partial charge in [0.05, 0.1) is 9.94 Å². The normalized spacial score (nSPS) is 48.0. The number of rotatable bonds is 1. The van der Waals surface area contributed by atoms with E-state index in [1.165, 1.54) is 19.3 Å². The van der Waals surface area contributed by atoms with E-state index >= 15 is 0 Å². The van der Waals surface area contributed by atoms with Gasteiger partial charge >= 0.3 is 0 Å². The zero-order valence-corrected chi connectivity index (χ0v) is 13.6. The van der Waals surface area contributed by atoms with Crippen LogP contribution in [-0.2, 0) is 14.3 Å². The van der Waals surface area contributed by atoms with Crippen LogP contribution in [0.1, 0.15) is 52.4 Å². The van der Waals surface area contributed by atoms with Crippen molar-refractivity contribution in [3.05, 3.63) is 9.94 Å². The van der Waals surface area contributed by atoms with Gasteiger partial charge in [-0.15, -0.1) is 0 Å². The first-order valence-corrected chi connectivity index (χ1v) is 9.37. The van der Waals surface area contributed by atoms with Crippen LogP contribution in [0, 0.1) is 23.2 Å². The molecule has 0 aromatic heterocycles. The van der Waals surface area contributed by atoms with E-state index in [1.54, 1.807) is 13.8 Å². The second-order valence-corrected chi connectivity index (χ2v) is 9.75. The van der Waals surface area contributed by atoms with Crippen LogP contribution in [0.4, 0.5) is 0 Å². The molecule has 5 rings (SSSR count). The Morgan fingerprint density at radius 2 is 1.50 bits per heavy atom. The van der Waals surface area contributed by atoms with Crippen LogP contribution in [0.15, 0.2) is 9.94 Å². The van der Waals surface area contributed by atoms with Gasteiger partial charge in [-0.2, -0.15) is 8.42 Å². The predicted octanol–water partition coefficient (Wildman–Crippen LogP) is 3.79. The Bertz CT molecular complexity index is 567. The third-order valence-corrected chi connectivity index (χ3v) is 8.35. The van der Waals surface area contributed by atoms with Crippen LogP contribution < -0.4 is 0 Å². The largest absolute Gasteiger partial charge is 0.295 e. The maximum atomic E-state index is 12.5. The number of halogens is 1. The smallest absolute Gasteiger partial charge is 0.255 e. The van der Waals surface area contributed by atoms with E-state index in [9.17, 15) is 8.42 Å². The molecular weight excluding hydrogens is 296 g/mol. The SMILES string of the molecule is CC1(C)OS(=O)(=O)C(C23CC4CC(CC(C4)C2)C3)=C1Cl. The summed E-state index contributed by atoms with van der Waals surface area (Å²) in [5.41, 5.74) is -1.11. The molecule has 3 nitrogen and oxygen atoms in total. The van der Waals surface area contributed by atoms with Gasteiger partial charge in [-0.1, -0.05) is 11.6 Å². The van der Waals surface area contributed by atoms with Gasteiger partial charge in [0.2, 0.25) is 0 Å². The highest BCUT2D eigenvalue weighted by Gasteiger charge is 2.59. The second kappa shape index (κ2) is 3.82. The van der Waals surface area contributed by atoms with Crippen molar-refractivity contribution in [3.8, 4) is 0 Å². The summed E-state index contributed by atoms with van der Waals surface area (Å²) in [4.78, 5) is 0.441. The molecule has 0 radical (unpaired) electrons. The third-order valence-electron chi connectivity index (χ3n) is 5.82. The minimum absolute atomic E-state index is 0.224. The van der Waals surface area contributed by atoms with Gasteiger partial charge in [-0.05, 0) is 70.1 Å². The topological polar surface area (TPSA) is 43.4 Å². The van der Waals surface area contributed by atoms with Crippen molar-refractivity contribution < 1.29 is 12.6 Å². The van der Waals surface area contributed by atoms with Crippen molar-refractivity contribution in [3.63, 3.8) is 0 Å². The Balaban J connectivity index is 1.86. The zero-order valence-electron chi connectivity index (χ0n) is 12.0. The molecule has 4 saturated carbocycles. The summed E-state index contributed by atoms with van der Waals surface area (Å²) >= 11 is 6.47. The lowest BCUT2D eigenvalue weighted by atomic mass is 9.49. The predicted molar refractivity (Wildman–Crippen MR) is 77.6 cm³/mol. The Hall–Kier alpha value is -0.0600. The molecule has 1 aliphatic heterocycles. The van der Waals surface area contributed by atoms with Crippen molar-refractivity contribution in [2.75, 3.05) is 0 Å². The van der Waals surface area contributed by atoms with Crippen molar-refractivity contribution in [1.82, 2.24) is 0 Å². The van der Waals surface area contributed by atoms with Crippen molar-refractivity contribution in [1.29, 1.82) is 0 Å². The number of hydrogen-bond donors (Lipinski definition) is 0. The molecule has 0 aromatic rings. The maximum Gasteiger partial charge on any atom is 0.295 e. The number of hydrogen-bond acceptors (Lipinski definition) is 3. The highest BCUT2D eigenvalue weighted by Crippen LogP contribution is 2.65. The molecule has 4 aliphatic carbocycles. The Kier molecular flexibility index (Phi) is 2.60. The lowest BCUT2D eigenvalue weighted by Gasteiger charge is -2.56. The molecule has 0 saturated heterocycles. The lowest BCUT2D eigenvalue weighted by molar-refractivity contribution is -0.0266. The molecule has 0 aromatic carbocycles. The van der Waals surface area contributed by atoms with E-state index in [-0.39, 0.29) is 5.41 Å². The molecule has 4 fully saturated rings. The van der Waals surface area contributed by atoms with Gasteiger partial charge < -0.3 is 0 Å². The minimum Gasteiger partial charge on any atom is -0.255 e. The van der Waals surface area contributed by atoms with Gasteiger partial charge in [-0.25, -0.2) is 0 Å². The molecule has 5 heteroatoms. The van der Waals surface area contributed by atoms with Gasteiger partial charge in [0, 0.05) is 5.41 Å². The van der Waals surface area contributed by atoms with Crippen LogP contribution in [0.5, 0.6) is 0 Å². The van der Waals surface area contributed by atoms with Crippen molar-refractivity contribution in [2.24, 2.45) is 23.2 Å². The van der Waals surface area contributed by atoms with Crippen molar-refractivity contribution >= 4 is 21.7 Å². The van der Waals surface area contributed by atoms with Crippen LogP contribution >= 0.6 is 11.6 Å². The second-order valence-electron chi connectivity index (χ2n) is 7.89. The monoisotopic (exact) mass is 316 g/mol. The first kappa shape index (κ1) is 13.6. The van der Waals surface area contributed by atoms with Crippen LogP contribution in [-0.4, -0.2) is 14.0 Å². The van der Waals surface area contributed by atoms with Crippen LogP contribution in [0.3, 0.4) is 0 Å². The van der Waals surface area contributed by atoms with Gasteiger partial charge in [-0.3, -0.25) is 4.18 Å². The third kappa shape index (κ3) is 1.71. The van der Waals surface area contributed by atoms with Crippen LogP contribution in [0.2, 0.25) is 0 Å². The summed E-state index contributed by atoms with van der Waals surface area (Å²) < 4.78 is 30.4. The summed E-state index contributed by atoms with van der Waals surface area (Å²) in [6.07, 6.45) is 6.83. The van der Waals surface area contributed by atoms with E-state index in [0.29, 0.717) is 27.7 Å². The summed E-state index contributed by atoms with van der Waals surface area (Å²) in [6, 6.07) is 0. The molecule has 1 heterocycles. The van der Waals surface area contributed by atoms with E-state index in [1.807, 2.05) is 0 Å². The lowest BCUT2D eigenvalue weighted by Crippen LogP contribution is -2.47. The molecule has 0 unspecified atom stereocenters. The highest BCUT2D eigenvalue weighted by atomic mass is 35.5. The zero-order chi connectivity index (χ0) is 14.3. The van der Waals surface area contributed by atoms with Gasteiger partial charge in [0.25, 0.3) is 10.1 Å². The summed E-state index contributed by atoms with van der Waals surface area (Å²) in [7, 11) is -3.66. The molecular formula is C15H21ClO3S. The fraction of sp³-hybridized carbons (Fsp3) is 0.867. The molecule has 20 heavy (non-hydrogen) atoms. The average molecular weight is 317 g/mol. The first-order chi connectivity index (χ1) is 9.22. The van der Waals surface area contributed by atoms with E-state index in [4.69, 9.17) is 15.8 Å². The Morgan fingerprint density at radius 1 is 1.05 bits per heavy atom. The maximum absolute atomic E-state index is 12.5. The molecule has 0 N–H and O–H groups in total. The molecule has 0 atom stereocenters. The summed E-state index contributed by atoms with van der Waals surface area (Å²) in [5, 5.41) is 0.430. The van der Waals surface area contributed by atoms with Gasteiger partial charge in [0.1, 0.15) is 5.60 Å². The van der Waals surface area contributed by atoms with E-state index in [2.05, 4.69) is 0 Å². The molecule has 0 amide bonds. The average Bonchev–Trinajstić information content (AvgIpc) is 2.40. The van der Waals surface area contributed by atoms with E-state index in [0.717, 1.165) is 19.3 Å². The fourth-order valence-corrected chi connectivity index (χ4v) is 8.15. The Labute approximate surface area is 125 Å². The van der Waals surface area contributed by atoms with Gasteiger partial charge in [0.15, 0.2) is 0 Å². The highest BCUT2D eigenvalue weighted by molar-refractivity contribution is 7.91. The summed E-state index contributed by atoms with van der Waals surface area (Å²) in [5.74, 6) is 2.08. The quantitative estimate of drug-likeness (QED) is 0.691. The standard InChI is InChI=1S/C15H21ClO3S/c1-14(2)12(16)13(20(17,18)19-14)15-6-9-3-10(7-15)5-11(4-9)8-15/h9-11H,3-8H2,1-2H3. The molecule has 112 valence electrons.